The molecule has 2 fully saturated rings. The first kappa shape index (κ1) is 13.3. The molecule has 0 saturated carbocycles. The lowest BCUT2D eigenvalue weighted by atomic mass is 10.2. The van der Waals surface area contributed by atoms with Gasteiger partial charge in [-0.1, -0.05) is 0 Å². The molecule has 2 bridgehead atoms. The Bertz CT molecular complexity index is 183. The van der Waals surface area contributed by atoms with Crippen molar-refractivity contribution in [3.8, 4) is 0 Å². The van der Waals surface area contributed by atoms with Gasteiger partial charge in [0.1, 0.15) is 0 Å². The van der Waals surface area contributed by atoms with Gasteiger partial charge in [0.05, 0.1) is 0 Å². The zero-order valence-corrected chi connectivity index (χ0v) is 11.6. The van der Waals surface area contributed by atoms with Crippen LogP contribution < -0.4 is 0 Å². The van der Waals surface area contributed by atoms with Crippen molar-refractivity contribution >= 4 is 0 Å². The topological polar surface area (TPSA) is 13.0 Å². The number of rotatable bonds is 0. The standard InChI is InChI=1S/C13H28N4/c1-14-6-10-16-4-3-5-17(11-7-14)13-9-15(2)8-12-16/h3-13H2,1-2H3. The van der Waals surface area contributed by atoms with Gasteiger partial charge in [-0.3, -0.25) is 0 Å². The van der Waals surface area contributed by atoms with Crippen molar-refractivity contribution in [3.05, 3.63) is 0 Å². The van der Waals surface area contributed by atoms with Crippen molar-refractivity contribution in [2.75, 3.05) is 79.5 Å². The van der Waals surface area contributed by atoms with Gasteiger partial charge in [0.2, 0.25) is 0 Å². The maximum atomic E-state index is 2.64. The summed E-state index contributed by atoms with van der Waals surface area (Å²) in [5, 5.41) is 0. The molecule has 100 valence electrons. The lowest BCUT2D eigenvalue weighted by Gasteiger charge is -2.34. The summed E-state index contributed by atoms with van der Waals surface area (Å²) in [5.74, 6) is 0. The average Bonchev–Trinajstić information content (AvgIpc) is 2.33. The predicted molar refractivity (Wildman–Crippen MR) is 72.5 cm³/mol. The van der Waals surface area contributed by atoms with Crippen molar-refractivity contribution in [2.45, 2.75) is 6.42 Å². The zero-order chi connectivity index (χ0) is 12.1. The number of likely N-dealkylation sites (N-methyl/N-ethyl adjacent to an activating group) is 2. The Labute approximate surface area is 106 Å². The molecule has 0 amide bonds. The van der Waals surface area contributed by atoms with Gasteiger partial charge in [-0.25, -0.2) is 0 Å². The van der Waals surface area contributed by atoms with Crippen LogP contribution in [-0.2, 0) is 0 Å². The smallest absolute Gasteiger partial charge is 0.0110 e. The molecule has 0 unspecified atom stereocenters. The Balaban J connectivity index is 1.99. The van der Waals surface area contributed by atoms with Gasteiger partial charge in [0.25, 0.3) is 0 Å². The molecule has 2 aliphatic heterocycles. The highest BCUT2D eigenvalue weighted by atomic mass is 15.3. The van der Waals surface area contributed by atoms with Crippen LogP contribution >= 0.6 is 0 Å². The summed E-state index contributed by atoms with van der Waals surface area (Å²) in [6.07, 6.45) is 1.34. The second-order valence-corrected chi connectivity index (χ2v) is 5.64. The van der Waals surface area contributed by atoms with Gasteiger partial charge in [0.15, 0.2) is 0 Å². The number of nitrogens with zero attached hydrogens (tertiary/aromatic N) is 4. The third-order valence-electron chi connectivity index (χ3n) is 4.14. The van der Waals surface area contributed by atoms with E-state index in [4.69, 9.17) is 0 Å². The van der Waals surface area contributed by atoms with Gasteiger partial charge in [-0.05, 0) is 33.6 Å². The molecule has 0 radical (unpaired) electrons. The van der Waals surface area contributed by atoms with Crippen LogP contribution in [0.3, 0.4) is 0 Å². The fourth-order valence-corrected chi connectivity index (χ4v) is 2.66. The van der Waals surface area contributed by atoms with Crippen LogP contribution in [0.4, 0.5) is 0 Å². The molecular weight excluding hydrogens is 212 g/mol. The SMILES string of the molecule is CN1CCN2CCCN(CC1)CCN(C)CC2. The van der Waals surface area contributed by atoms with Gasteiger partial charge in [-0.15, -0.1) is 0 Å². The van der Waals surface area contributed by atoms with Gasteiger partial charge in [-0.2, -0.15) is 0 Å². The molecule has 2 saturated heterocycles. The van der Waals surface area contributed by atoms with E-state index in [9.17, 15) is 0 Å². The normalized spacial score (nSPS) is 34.9. The molecule has 0 aromatic rings. The van der Waals surface area contributed by atoms with E-state index in [-0.39, 0.29) is 0 Å². The first-order valence-corrected chi connectivity index (χ1v) is 7.06. The van der Waals surface area contributed by atoms with E-state index in [1.165, 1.54) is 71.9 Å². The minimum absolute atomic E-state index is 1.22. The maximum Gasteiger partial charge on any atom is 0.0110 e. The highest BCUT2D eigenvalue weighted by Gasteiger charge is 2.15. The molecule has 17 heavy (non-hydrogen) atoms. The molecule has 0 atom stereocenters. The van der Waals surface area contributed by atoms with Crippen LogP contribution in [0.1, 0.15) is 6.42 Å². The van der Waals surface area contributed by atoms with E-state index < -0.39 is 0 Å². The first-order valence-electron chi connectivity index (χ1n) is 7.06. The van der Waals surface area contributed by atoms with Crippen LogP contribution in [0.2, 0.25) is 0 Å². The summed E-state index contributed by atoms with van der Waals surface area (Å²) in [7, 11) is 4.52. The first-order chi connectivity index (χ1) is 8.24. The fourth-order valence-electron chi connectivity index (χ4n) is 2.66. The third-order valence-corrected chi connectivity index (χ3v) is 4.14. The summed E-state index contributed by atoms with van der Waals surface area (Å²) in [6, 6.07) is 0. The van der Waals surface area contributed by atoms with Crippen molar-refractivity contribution in [2.24, 2.45) is 0 Å². The van der Waals surface area contributed by atoms with Gasteiger partial charge in [0, 0.05) is 52.4 Å². The number of fused-ring (bicyclic) bond motifs is 4. The van der Waals surface area contributed by atoms with Crippen molar-refractivity contribution in [1.82, 2.24) is 19.6 Å². The Kier molecular flexibility index (Phi) is 5.22. The maximum absolute atomic E-state index is 2.64. The van der Waals surface area contributed by atoms with E-state index >= 15 is 0 Å². The number of hydrogen-bond acceptors (Lipinski definition) is 4. The summed E-state index contributed by atoms with van der Waals surface area (Å²) < 4.78 is 0. The molecule has 4 nitrogen and oxygen atoms in total. The van der Waals surface area contributed by atoms with Crippen LogP contribution in [0.25, 0.3) is 0 Å². The predicted octanol–water partition coefficient (Wildman–Crippen LogP) is -0.129. The molecule has 2 rings (SSSR count). The molecule has 2 aliphatic rings. The summed E-state index contributed by atoms with van der Waals surface area (Å²) in [5.41, 5.74) is 0. The summed E-state index contributed by atoms with van der Waals surface area (Å²) >= 11 is 0. The van der Waals surface area contributed by atoms with Crippen LogP contribution in [0, 0.1) is 0 Å². The Hall–Kier alpha value is -0.160. The van der Waals surface area contributed by atoms with E-state index in [2.05, 4.69) is 33.7 Å². The molecule has 0 aliphatic carbocycles. The minimum atomic E-state index is 1.22. The zero-order valence-electron chi connectivity index (χ0n) is 11.6. The monoisotopic (exact) mass is 240 g/mol. The molecular formula is C13H28N4. The Morgan fingerprint density at radius 1 is 0.471 bits per heavy atom. The van der Waals surface area contributed by atoms with E-state index in [1.807, 2.05) is 0 Å². The van der Waals surface area contributed by atoms with Crippen molar-refractivity contribution in [3.63, 3.8) is 0 Å². The molecule has 0 N–H and O–H groups in total. The molecule has 0 aromatic carbocycles. The molecule has 0 aromatic heterocycles. The second-order valence-electron chi connectivity index (χ2n) is 5.64. The minimum Gasteiger partial charge on any atom is -0.304 e. The van der Waals surface area contributed by atoms with Gasteiger partial charge < -0.3 is 19.6 Å². The summed E-state index contributed by atoms with van der Waals surface area (Å²) in [6.45, 7) is 12.4. The lowest BCUT2D eigenvalue weighted by Crippen LogP contribution is -2.47. The van der Waals surface area contributed by atoms with Gasteiger partial charge >= 0.3 is 0 Å². The quantitative estimate of drug-likeness (QED) is 0.585. The van der Waals surface area contributed by atoms with E-state index in [1.54, 1.807) is 0 Å². The highest BCUT2D eigenvalue weighted by Crippen LogP contribution is 2.03. The summed E-state index contributed by atoms with van der Waals surface area (Å²) in [4.78, 5) is 10.2. The second kappa shape index (κ2) is 6.69. The largest absolute Gasteiger partial charge is 0.304 e. The Morgan fingerprint density at radius 2 is 0.824 bits per heavy atom. The van der Waals surface area contributed by atoms with Crippen molar-refractivity contribution in [1.29, 1.82) is 0 Å². The van der Waals surface area contributed by atoms with E-state index in [0.29, 0.717) is 0 Å². The fraction of sp³-hybridized carbons (Fsp3) is 1.00. The van der Waals surface area contributed by atoms with Crippen LogP contribution in [0.15, 0.2) is 0 Å². The number of hydrogen-bond donors (Lipinski definition) is 0. The molecule has 0 spiro atoms. The molecule has 2 heterocycles. The lowest BCUT2D eigenvalue weighted by molar-refractivity contribution is 0.128. The third kappa shape index (κ3) is 4.54. The average molecular weight is 240 g/mol. The molecule has 4 heteroatoms. The van der Waals surface area contributed by atoms with E-state index in [0.717, 1.165) is 0 Å². The highest BCUT2D eigenvalue weighted by molar-refractivity contribution is 4.72. The van der Waals surface area contributed by atoms with Crippen molar-refractivity contribution < 1.29 is 0 Å². The van der Waals surface area contributed by atoms with Crippen LogP contribution in [0.5, 0.6) is 0 Å². The van der Waals surface area contributed by atoms with Crippen LogP contribution in [-0.4, -0.2) is 99.1 Å². The Morgan fingerprint density at radius 3 is 1.18 bits per heavy atom.